The number of para-hydroxylation sites is 1. The first kappa shape index (κ1) is 13.4. The summed E-state index contributed by atoms with van der Waals surface area (Å²) >= 11 is 1.09. The van der Waals surface area contributed by atoms with E-state index < -0.39 is 5.97 Å². The van der Waals surface area contributed by atoms with Crippen LogP contribution >= 0.6 is 11.8 Å². The van der Waals surface area contributed by atoms with Crippen LogP contribution in [0, 0.1) is 6.92 Å². The number of hydrogen-bond acceptors (Lipinski definition) is 5. The number of carboxylic acid groups (broad SMARTS) is 1. The Morgan fingerprint density at radius 1 is 1.47 bits per heavy atom. The Balaban J connectivity index is 2.28. The fourth-order valence-corrected chi connectivity index (χ4v) is 2.20. The number of ether oxygens (including phenoxy) is 1. The van der Waals surface area contributed by atoms with Gasteiger partial charge < -0.3 is 14.8 Å². The second-order valence-corrected chi connectivity index (χ2v) is 4.78. The van der Waals surface area contributed by atoms with Crippen LogP contribution < -0.4 is 4.74 Å². The maximum absolute atomic E-state index is 10.5. The van der Waals surface area contributed by atoms with E-state index in [1.807, 2.05) is 25.1 Å². The third-order valence-corrected chi connectivity index (χ3v) is 3.32. The van der Waals surface area contributed by atoms with Gasteiger partial charge in [0, 0.05) is 0 Å². The molecular formula is C12H13N3O3S. The summed E-state index contributed by atoms with van der Waals surface area (Å²) in [4.78, 5) is 13.5. The lowest BCUT2D eigenvalue weighted by Gasteiger charge is -2.08. The first-order valence-electron chi connectivity index (χ1n) is 5.53. The van der Waals surface area contributed by atoms with Crippen molar-refractivity contribution in [3.8, 4) is 17.1 Å². The summed E-state index contributed by atoms with van der Waals surface area (Å²) in [5.74, 6) is 0.345. The zero-order valence-corrected chi connectivity index (χ0v) is 11.3. The van der Waals surface area contributed by atoms with E-state index in [2.05, 4.69) is 15.2 Å². The number of methoxy groups -OCH3 is 1. The van der Waals surface area contributed by atoms with Gasteiger partial charge in [-0.2, -0.15) is 0 Å². The van der Waals surface area contributed by atoms with Gasteiger partial charge in [-0.05, 0) is 18.6 Å². The van der Waals surface area contributed by atoms with Crippen molar-refractivity contribution in [2.45, 2.75) is 12.1 Å². The van der Waals surface area contributed by atoms with E-state index in [0.717, 1.165) is 28.6 Å². The second kappa shape index (κ2) is 5.75. The van der Waals surface area contributed by atoms with Gasteiger partial charge in [-0.3, -0.25) is 4.79 Å². The first-order valence-corrected chi connectivity index (χ1v) is 6.51. The van der Waals surface area contributed by atoms with Crippen molar-refractivity contribution in [3.63, 3.8) is 0 Å². The van der Waals surface area contributed by atoms with Crippen LogP contribution in [0.25, 0.3) is 11.4 Å². The van der Waals surface area contributed by atoms with Crippen molar-refractivity contribution >= 4 is 17.7 Å². The third-order valence-electron chi connectivity index (χ3n) is 2.47. The summed E-state index contributed by atoms with van der Waals surface area (Å²) in [5, 5.41) is 17.0. The Bertz CT molecular complexity index is 598. The number of aromatic amines is 1. The van der Waals surface area contributed by atoms with Gasteiger partial charge in [0.25, 0.3) is 0 Å². The van der Waals surface area contributed by atoms with Gasteiger partial charge in [0.15, 0.2) is 11.0 Å². The average molecular weight is 279 g/mol. The normalized spacial score (nSPS) is 10.4. The molecule has 0 saturated heterocycles. The van der Waals surface area contributed by atoms with Crippen LogP contribution in [-0.4, -0.2) is 39.1 Å². The minimum Gasteiger partial charge on any atom is -0.496 e. The number of thioether (sulfide) groups is 1. The molecule has 0 aliphatic carbocycles. The predicted molar refractivity (Wildman–Crippen MR) is 71.5 cm³/mol. The van der Waals surface area contributed by atoms with Crippen molar-refractivity contribution in [1.29, 1.82) is 0 Å². The molecule has 0 saturated carbocycles. The maximum Gasteiger partial charge on any atom is 0.313 e. The highest BCUT2D eigenvalue weighted by atomic mass is 32.2. The highest BCUT2D eigenvalue weighted by Crippen LogP contribution is 2.31. The van der Waals surface area contributed by atoms with E-state index >= 15 is 0 Å². The van der Waals surface area contributed by atoms with Crippen LogP contribution in [0.3, 0.4) is 0 Å². The largest absolute Gasteiger partial charge is 0.496 e. The number of H-pyrrole nitrogens is 1. The van der Waals surface area contributed by atoms with Crippen LogP contribution in [-0.2, 0) is 4.79 Å². The molecule has 1 aromatic carbocycles. The van der Waals surface area contributed by atoms with Crippen LogP contribution in [0.2, 0.25) is 0 Å². The molecule has 2 N–H and O–H groups in total. The number of nitrogens with one attached hydrogen (secondary N) is 1. The maximum atomic E-state index is 10.5. The van der Waals surface area contributed by atoms with E-state index in [-0.39, 0.29) is 5.75 Å². The molecule has 0 fully saturated rings. The van der Waals surface area contributed by atoms with Gasteiger partial charge in [0.1, 0.15) is 5.75 Å². The number of rotatable bonds is 5. The molecule has 0 amide bonds. The summed E-state index contributed by atoms with van der Waals surface area (Å²) < 4.78 is 5.35. The molecule has 1 heterocycles. The number of aryl methyl sites for hydroxylation is 1. The number of hydrogen-bond donors (Lipinski definition) is 2. The molecule has 0 unspecified atom stereocenters. The lowest BCUT2D eigenvalue weighted by atomic mass is 10.1. The molecule has 6 nitrogen and oxygen atoms in total. The van der Waals surface area contributed by atoms with Gasteiger partial charge in [0.2, 0.25) is 0 Å². The Hall–Kier alpha value is -2.02. The van der Waals surface area contributed by atoms with E-state index in [1.54, 1.807) is 7.11 Å². The van der Waals surface area contributed by atoms with Crippen molar-refractivity contribution in [3.05, 3.63) is 23.8 Å². The molecule has 0 atom stereocenters. The van der Waals surface area contributed by atoms with Crippen LogP contribution in [0.1, 0.15) is 5.56 Å². The number of nitrogens with zero attached hydrogens (tertiary/aromatic N) is 2. The Morgan fingerprint density at radius 2 is 2.26 bits per heavy atom. The summed E-state index contributed by atoms with van der Waals surface area (Å²) in [6.07, 6.45) is 0. The fourth-order valence-electron chi connectivity index (χ4n) is 1.67. The standard InChI is InChI=1S/C12H13N3O3S/c1-7-4-3-5-8(10(7)18-2)11-13-12(15-14-11)19-6-9(16)17/h3-5H,6H2,1-2H3,(H,16,17)(H,13,14,15). The molecule has 1 aromatic heterocycles. The lowest BCUT2D eigenvalue weighted by Crippen LogP contribution is -1.97. The molecule has 2 aromatic rings. The molecular weight excluding hydrogens is 266 g/mol. The van der Waals surface area contributed by atoms with Crippen molar-refractivity contribution in [2.24, 2.45) is 0 Å². The van der Waals surface area contributed by atoms with Crippen molar-refractivity contribution in [1.82, 2.24) is 15.2 Å². The predicted octanol–water partition coefficient (Wildman–Crippen LogP) is 1.97. The van der Waals surface area contributed by atoms with Gasteiger partial charge in [-0.1, -0.05) is 23.9 Å². The van der Waals surface area contributed by atoms with Crippen LogP contribution in [0.5, 0.6) is 5.75 Å². The Morgan fingerprint density at radius 3 is 2.95 bits per heavy atom. The molecule has 0 aliphatic rings. The molecule has 0 spiro atoms. The average Bonchev–Trinajstić information content (AvgIpc) is 2.84. The van der Waals surface area contributed by atoms with E-state index in [0.29, 0.717) is 11.0 Å². The quantitative estimate of drug-likeness (QED) is 0.813. The molecule has 0 aliphatic heterocycles. The van der Waals surface area contributed by atoms with Crippen LogP contribution in [0.4, 0.5) is 0 Å². The van der Waals surface area contributed by atoms with E-state index in [9.17, 15) is 4.79 Å². The van der Waals surface area contributed by atoms with Crippen molar-refractivity contribution in [2.75, 3.05) is 12.9 Å². The minimum absolute atomic E-state index is 0.0560. The molecule has 19 heavy (non-hydrogen) atoms. The fraction of sp³-hybridized carbons (Fsp3) is 0.250. The number of aromatic nitrogens is 3. The molecule has 2 rings (SSSR count). The summed E-state index contributed by atoms with van der Waals surface area (Å²) in [6, 6.07) is 5.72. The number of carboxylic acids is 1. The first-order chi connectivity index (χ1) is 9.11. The van der Waals surface area contributed by atoms with Gasteiger partial charge in [0.05, 0.1) is 18.4 Å². The monoisotopic (exact) mass is 279 g/mol. The zero-order chi connectivity index (χ0) is 13.8. The lowest BCUT2D eigenvalue weighted by molar-refractivity contribution is -0.133. The Kier molecular flexibility index (Phi) is 4.06. The minimum atomic E-state index is -0.893. The smallest absolute Gasteiger partial charge is 0.313 e. The van der Waals surface area contributed by atoms with Crippen LogP contribution in [0.15, 0.2) is 23.4 Å². The van der Waals surface area contributed by atoms with Gasteiger partial charge in [-0.15, -0.1) is 10.2 Å². The molecule has 0 radical (unpaired) electrons. The summed E-state index contributed by atoms with van der Waals surface area (Å²) in [5.41, 5.74) is 1.80. The van der Waals surface area contributed by atoms with Crippen molar-refractivity contribution < 1.29 is 14.6 Å². The molecule has 7 heteroatoms. The van der Waals surface area contributed by atoms with Gasteiger partial charge >= 0.3 is 5.97 Å². The van der Waals surface area contributed by atoms with Gasteiger partial charge in [-0.25, -0.2) is 0 Å². The highest BCUT2D eigenvalue weighted by molar-refractivity contribution is 7.99. The van der Waals surface area contributed by atoms with E-state index in [1.165, 1.54) is 0 Å². The van der Waals surface area contributed by atoms with E-state index in [4.69, 9.17) is 9.84 Å². The SMILES string of the molecule is COc1c(C)cccc1-c1nnc(SCC(=O)O)[nH]1. The number of aliphatic carboxylic acids is 1. The summed E-state index contributed by atoms with van der Waals surface area (Å²) in [6.45, 7) is 1.94. The second-order valence-electron chi connectivity index (χ2n) is 3.82. The number of carbonyl (C=O) groups is 1. The zero-order valence-electron chi connectivity index (χ0n) is 10.5. The Labute approximate surface area is 114 Å². The summed E-state index contributed by atoms with van der Waals surface area (Å²) in [7, 11) is 1.60. The molecule has 100 valence electrons. The number of benzene rings is 1. The third kappa shape index (κ3) is 3.05. The topological polar surface area (TPSA) is 88.1 Å². The highest BCUT2D eigenvalue weighted by Gasteiger charge is 2.13. The molecule has 0 bridgehead atoms.